The highest BCUT2D eigenvalue weighted by Crippen LogP contribution is 2.49. The van der Waals surface area contributed by atoms with Crippen molar-refractivity contribution in [2.24, 2.45) is 11.1 Å². The average Bonchev–Trinajstić information content (AvgIpc) is 2.64. The largest absolute Gasteiger partial charge is 0.384 e. The average molecular weight is 193 g/mol. The van der Waals surface area contributed by atoms with E-state index < -0.39 is 9.84 Å². The summed E-state index contributed by atoms with van der Waals surface area (Å²) in [6.45, 7) is 0.833. The first kappa shape index (κ1) is 9.95. The molecule has 0 unspecified atom stereocenters. The standard InChI is InChI=1S/C7H15NO3S/c1-11-5-7(4-8)3-6(7)12(2,9)10/h6H,3-5,8H2,1-2H3/t6-,7-/m0/s1. The third kappa shape index (κ3) is 1.62. The van der Waals surface area contributed by atoms with E-state index in [4.69, 9.17) is 10.5 Å². The molecule has 0 aromatic carbocycles. The first-order valence-corrected chi connectivity index (χ1v) is 5.79. The predicted octanol–water partition coefficient (Wildman–Crippen LogP) is -0.605. The Labute approximate surface area is 73.0 Å². The monoisotopic (exact) mass is 193 g/mol. The van der Waals surface area contributed by atoms with Gasteiger partial charge in [-0.3, -0.25) is 0 Å². The highest BCUT2D eigenvalue weighted by molar-refractivity contribution is 7.91. The minimum Gasteiger partial charge on any atom is -0.384 e. The molecule has 2 N–H and O–H groups in total. The Morgan fingerprint density at radius 3 is 2.50 bits per heavy atom. The molecule has 0 bridgehead atoms. The van der Waals surface area contributed by atoms with Gasteiger partial charge >= 0.3 is 0 Å². The summed E-state index contributed by atoms with van der Waals surface area (Å²) in [5.41, 5.74) is 5.21. The van der Waals surface area contributed by atoms with Gasteiger partial charge in [-0.1, -0.05) is 0 Å². The molecule has 0 heterocycles. The Kier molecular flexibility index (Phi) is 2.47. The van der Waals surface area contributed by atoms with Crippen LogP contribution in [0.25, 0.3) is 0 Å². The fourth-order valence-electron chi connectivity index (χ4n) is 1.63. The SMILES string of the molecule is COC[C@@]1(CN)C[C@@H]1S(C)(=O)=O. The number of sulfone groups is 1. The quantitative estimate of drug-likeness (QED) is 0.647. The van der Waals surface area contributed by atoms with Crippen LogP contribution in [0.3, 0.4) is 0 Å². The lowest BCUT2D eigenvalue weighted by Gasteiger charge is -2.11. The van der Waals surface area contributed by atoms with Gasteiger partial charge in [-0.15, -0.1) is 0 Å². The van der Waals surface area contributed by atoms with E-state index in [-0.39, 0.29) is 10.7 Å². The van der Waals surface area contributed by atoms with Crippen LogP contribution in [0.2, 0.25) is 0 Å². The van der Waals surface area contributed by atoms with E-state index in [2.05, 4.69) is 0 Å². The zero-order chi connectivity index (χ0) is 9.41. The van der Waals surface area contributed by atoms with Gasteiger partial charge in [0.25, 0.3) is 0 Å². The lowest BCUT2D eigenvalue weighted by molar-refractivity contribution is 0.145. The van der Waals surface area contributed by atoms with Crippen LogP contribution in [0.4, 0.5) is 0 Å². The van der Waals surface area contributed by atoms with Crippen molar-refractivity contribution >= 4 is 9.84 Å². The summed E-state index contributed by atoms with van der Waals surface area (Å²) in [7, 11) is -1.37. The third-order valence-electron chi connectivity index (χ3n) is 2.47. The van der Waals surface area contributed by atoms with Crippen molar-refractivity contribution in [3.63, 3.8) is 0 Å². The molecule has 1 aliphatic carbocycles. The molecule has 0 amide bonds. The van der Waals surface area contributed by atoms with E-state index in [1.165, 1.54) is 6.26 Å². The van der Waals surface area contributed by atoms with Crippen molar-refractivity contribution < 1.29 is 13.2 Å². The van der Waals surface area contributed by atoms with Crippen LogP contribution in [0.1, 0.15) is 6.42 Å². The third-order valence-corrected chi connectivity index (χ3v) is 4.17. The molecule has 0 aliphatic heterocycles. The molecular formula is C7H15NO3S. The van der Waals surface area contributed by atoms with E-state index in [0.717, 1.165) is 0 Å². The number of hydrogen-bond donors (Lipinski definition) is 1. The van der Waals surface area contributed by atoms with Gasteiger partial charge in [0.1, 0.15) is 0 Å². The lowest BCUT2D eigenvalue weighted by Crippen LogP contribution is -2.27. The smallest absolute Gasteiger partial charge is 0.151 e. The second-order valence-corrected chi connectivity index (χ2v) is 5.75. The van der Waals surface area contributed by atoms with E-state index >= 15 is 0 Å². The lowest BCUT2D eigenvalue weighted by atomic mass is 10.1. The van der Waals surface area contributed by atoms with Crippen LogP contribution in [0.5, 0.6) is 0 Å². The molecule has 0 aromatic heterocycles. The summed E-state index contributed by atoms with van der Waals surface area (Å²) >= 11 is 0. The maximum Gasteiger partial charge on any atom is 0.151 e. The number of methoxy groups -OCH3 is 1. The zero-order valence-electron chi connectivity index (χ0n) is 7.41. The minimum absolute atomic E-state index is 0.282. The Bertz CT molecular complexity index is 262. The van der Waals surface area contributed by atoms with Crippen molar-refractivity contribution in [1.29, 1.82) is 0 Å². The summed E-state index contributed by atoms with van der Waals surface area (Å²) in [4.78, 5) is 0. The molecule has 0 aromatic rings. The second kappa shape index (κ2) is 2.97. The van der Waals surface area contributed by atoms with Crippen LogP contribution < -0.4 is 5.73 Å². The molecule has 12 heavy (non-hydrogen) atoms. The van der Waals surface area contributed by atoms with Crippen LogP contribution in [-0.2, 0) is 14.6 Å². The molecule has 1 fully saturated rings. The summed E-state index contributed by atoms with van der Waals surface area (Å²) in [6.07, 6.45) is 1.90. The Balaban J connectivity index is 2.68. The van der Waals surface area contributed by atoms with Crippen LogP contribution in [-0.4, -0.2) is 40.2 Å². The fourth-order valence-corrected chi connectivity index (χ4v) is 3.34. The molecule has 2 atom stereocenters. The number of nitrogens with two attached hydrogens (primary N) is 1. The molecule has 0 spiro atoms. The van der Waals surface area contributed by atoms with Gasteiger partial charge < -0.3 is 10.5 Å². The highest BCUT2D eigenvalue weighted by Gasteiger charge is 2.58. The first-order chi connectivity index (χ1) is 5.46. The minimum atomic E-state index is -2.93. The van der Waals surface area contributed by atoms with Gasteiger partial charge in [0.15, 0.2) is 9.84 Å². The van der Waals surface area contributed by atoms with Gasteiger partial charge in [-0.25, -0.2) is 8.42 Å². The van der Waals surface area contributed by atoms with Gasteiger partial charge in [-0.05, 0) is 6.42 Å². The fraction of sp³-hybridized carbons (Fsp3) is 1.00. The van der Waals surface area contributed by atoms with Crippen molar-refractivity contribution in [2.45, 2.75) is 11.7 Å². The topological polar surface area (TPSA) is 69.4 Å². The first-order valence-electron chi connectivity index (χ1n) is 3.84. The van der Waals surface area contributed by atoms with Gasteiger partial charge in [0.2, 0.25) is 0 Å². The number of rotatable bonds is 4. The molecule has 0 radical (unpaired) electrons. The highest BCUT2D eigenvalue weighted by atomic mass is 32.2. The summed E-state index contributed by atoms with van der Waals surface area (Å²) < 4.78 is 27.2. The molecular weight excluding hydrogens is 178 g/mol. The second-order valence-electron chi connectivity index (χ2n) is 3.52. The van der Waals surface area contributed by atoms with Crippen molar-refractivity contribution in [2.75, 3.05) is 26.5 Å². The van der Waals surface area contributed by atoms with Crippen molar-refractivity contribution in [3.8, 4) is 0 Å². The Hall–Kier alpha value is -0.130. The van der Waals surface area contributed by atoms with Crippen molar-refractivity contribution in [1.82, 2.24) is 0 Å². The van der Waals surface area contributed by atoms with Crippen LogP contribution >= 0.6 is 0 Å². The van der Waals surface area contributed by atoms with Gasteiger partial charge in [0, 0.05) is 25.3 Å². The molecule has 4 nitrogen and oxygen atoms in total. The number of ether oxygens (including phenoxy) is 1. The Morgan fingerprint density at radius 2 is 2.25 bits per heavy atom. The van der Waals surface area contributed by atoms with Gasteiger partial charge in [-0.2, -0.15) is 0 Å². The van der Waals surface area contributed by atoms with Gasteiger partial charge in [0.05, 0.1) is 11.9 Å². The maximum absolute atomic E-state index is 11.1. The zero-order valence-corrected chi connectivity index (χ0v) is 8.23. The van der Waals surface area contributed by atoms with Crippen LogP contribution in [0.15, 0.2) is 0 Å². The Morgan fingerprint density at radius 1 is 1.67 bits per heavy atom. The molecule has 1 aliphatic rings. The number of hydrogen-bond acceptors (Lipinski definition) is 4. The normalized spacial score (nSPS) is 35.1. The summed E-state index contributed by atoms with van der Waals surface area (Å²) in [5.74, 6) is 0. The molecule has 0 saturated heterocycles. The molecule has 1 saturated carbocycles. The predicted molar refractivity (Wildman–Crippen MR) is 46.6 cm³/mol. The van der Waals surface area contributed by atoms with E-state index in [1.54, 1.807) is 7.11 Å². The van der Waals surface area contributed by atoms with E-state index in [0.29, 0.717) is 19.6 Å². The summed E-state index contributed by atoms with van der Waals surface area (Å²) in [6, 6.07) is 0. The molecule has 1 rings (SSSR count). The molecule has 5 heteroatoms. The maximum atomic E-state index is 11.1. The van der Waals surface area contributed by atoms with Crippen LogP contribution in [0, 0.1) is 5.41 Å². The van der Waals surface area contributed by atoms with E-state index in [1.807, 2.05) is 0 Å². The van der Waals surface area contributed by atoms with E-state index in [9.17, 15) is 8.42 Å². The summed E-state index contributed by atoms with van der Waals surface area (Å²) in [5, 5.41) is -0.282. The van der Waals surface area contributed by atoms with Crippen molar-refractivity contribution in [3.05, 3.63) is 0 Å². The molecule has 72 valence electrons.